The summed E-state index contributed by atoms with van der Waals surface area (Å²) in [5.74, 6) is -1.35. The van der Waals surface area contributed by atoms with E-state index in [1.54, 1.807) is 6.07 Å². The summed E-state index contributed by atoms with van der Waals surface area (Å²) in [6.07, 6.45) is 3.90. The molecule has 2 atom stereocenters. The summed E-state index contributed by atoms with van der Waals surface area (Å²) in [4.78, 5) is 38.7. The van der Waals surface area contributed by atoms with E-state index >= 15 is 0 Å². The summed E-state index contributed by atoms with van der Waals surface area (Å²) in [5, 5.41) is 8.52. The molecule has 0 radical (unpaired) electrons. The first-order valence-corrected chi connectivity index (χ1v) is 9.87. The van der Waals surface area contributed by atoms with E-state index < -0.39 is 29.8 Å². The van der Waals surface area contributed by atoms with Crippen LogP contribution in [-0.2, 0) is 22.6 Å². The zero-order valence-electron chi connectivity index (χ0n) is 15.9. The van der Waals surface area contributed by atoms with Gasteiger partial charge >= 0.3 is 6.03 Å². The predicted molar refractivity (Wildman–Crippen MR) is 101 cm³/mol. The fourth-order valence-corrected chi connectivity index (χ4v) is 4.60. The van der Waals surface area contributed by atoms with Crippen molar-refractivity contribution in [3.05, 3.63) is 29.1 Å². The van der Waals surface area contributed by atoms with Crippen molar-refractivity contribution in [3.8, 4) is 0 Å². The Hall–Kier alpha value is -2.48. The lowest BCUT2D eigenvalue weighted by Crippen LogP contribution is -2.54. The molecule has 2 unspecified atom stereocenters. The lowest BCUT2D eigenvalue weighted by molar-refractivity contribution is -0.136. The fourth-order valence-electron chi connectivity index (χ4n) is 4.60. The third-order valence-electron chi connectivity index (χ3n) is 6.28. The molecule has 8 heteroatoms. The van der Waals surface area contributed by atoms with Crippen molar-refractivity contribution in [3.63, 3.8) is 0 Å². The number of carbonyl (C=O) groups is 3. The van der Waals surface area contributed by atoms with E-state index in [0.29, 0.717) is 31.5 Å². The molecule has 1 saturated carbocycles. The number of urea groups is 1. The Morgan fingerprint density at radius 3 is 2.96 bits per heavy atom. The molecule has 150 valence electrons. The zero-order valence-corrected chi connectivity index (χ0v) is 15.9. The molecule has 1 aromatic carbocycles. The van der Waals surface area contributed by atoms with Crippen molar-refractivity contribution in [1.29, 1.82) is 0 Å². The lowest BCUT2D eigenvalue weighted by Gasteiger charge is -2.36. The van der Waals surface area contributed by atoms with Crippen LogP contribution in [0.15, 0.2) is 12.1 Å². The van der Waals surface area contributed by atoms with Gasteiger partial charge in [-0.3, -0.25) is 14.5 Å². The molecule has 4 rings (SSSR count). The van der Waals surface area contributed by atoms with E-state index in [-0.39, 0.29) is 17.5 Å². The molecular weight excluding hydrogens is 363 g/mol. The first kappa shape index (κ1) is 18.9. The highest BCUT2D eigenvalue weighted by molar-refractivity contribution is 6.10. The molecule has 2 aliphatic heterocycles. The van der Waals surface area contributed by atoms with Gasteiger partial charge in [0.05, 0.1) is 5.69 Å². The van der Waals surface area contributed by atoms with Crippen LogP contribution in [0.5, 0.6) is 0 Å². The second kappa shape index (κ2) is 7.16. The average Bonchev–Trinajstić information content (AvgIpc) is 2.92. The minimum Gasteiger partial charge on any atom is -0.323 e. The molecule has 1 saturated heterocycles. The summed E-state index contributed by atoms with van der Waals surface area (Å²) < 4.78 is 14.7. The molecular formula is C20H25FN4O3. The van der Waals surface area contributed by atoms with Crippen LogP contribution < -0.4 is 16.0 Å². The maximum atomic E-state index is 14.7. The number of nitrogens with zero attached hydrogens (tertiary/aromatic N) is 1. The van der Waals surface area contributed by atoms with Crippen LogP contribution >= 0.6 is 0 Å². The predicted octanol–water partition coefficient (Wildman–Crippen LogP) is 1.91. The number of benzene rings is 1. The Morgan fingerprint density at radius 1 is 1.36 bits per heavy atom. The number of carbonyl (C=O) groups excluding carboxylic acids is 3. The molecule has 1 aromatic rings. The standard InChI is InChI=1S/C20H25FN4O3/c1-12-4-2-3-8-20(12)18(27)25(19(28)24-20)11-16(26)23-15-6-5-13-10-22-9-7-14(13)17(15)21/h5-6,12,22H,2-4,7-11H2,1H3,(H,23,26)(H,24,28). The highest BCUT2D eigenvalue weighted by Crippen LogP contribution is 2.38. The topological polar surface area (TPSA) is 90.5 Å². The Labute approximate surface area is 163 Å². The van der Waals surface area contributed by atoms with Gasteiger partial charge in [-0.1, -0.05) is 25.8 Å². The summed E-state index contributed by atoms with van der Waals surface area (Å²) in [7, 11) is 0. The van der Waals surface area contributed by atoms with Gasteiger partial charge in [-0.2, -0.15) is 0 Å². The molecule has 2 heterocycles. The van der Waals surface area contributed by atoms with Gasteiger partial charge in [0.1, 0.15) is 17.9 Å². The van der Waals surface area contributed by atoms with Crippen LogP contribution in [0.4, 0.5) is 14.9 Å². The minimum atomic E-state index is -0.903. The average molecular weight is 388 g/mol. The minimum absolute atomic E-state index is 0.0254. The first-order chi connectivity index (χ1) is 13.4. The summed E-state index contributed by atoms with van der Waals surface area (Å²) in [5.41, 5.74) is 0.656. The number of hydrogen-bond donors (Lipinski definition) is 3. The van der Waals surface area contributed by atoms with Gasteiger partial charge in [-0.15, -0.1) is 0 Å². The van der Waals surface area contributed by atoms with Crippen molar-refractivity contribution in [1.82, 2.24) is 15.5 Å². The van der Waals surface area contributed by atoms with Gasteiger partial charge < -0.3 is 16.0 Å². The highest BCUT2D eigenvalue weighted by atomic mass is 19.1. The second-order valence-corrected chi connectivity index (χ2v) is 7.98. The number of imide groups is 1. The third-order valence-corrected chi connectivity index (χ3v) is 6.28. The zero-order chi connectivity index (χ0) is 19.9. The van der Waals surface area contributed by atoms with Gasteiger partial charge in [-0.25, -0.2) is 9.18 Å². The molecule has 3 aliphatic rings. The van der Waals surface area contributed by atoms with E-state index in [4.69, 9.17) is 0 Å². The van der Waals surface area contributed by atoms with Gasteiger partial charge in [0.2, 0.25) is 5.91 Å². The Kier molecular flexibility index (Phi) is 4.82. The normalized spacial score (nSPS) is 26.9. The molecule has 3 N–H and O–H groups in total. The molecule has 7 nitrogen and oxygen atoms in total. The first-order valence-electron chi connectivity index (χ1n) is 9.87. The van der Waals surface area contributed by atoms with Crippen molar-refractivity contribution in [2.24, 2.45) is 5.92 Å². The van der Waals surface area contributed by atoms with Crippen LogP contribution in [0, 0.1) is 11.7 Å². The van der Waals surface area contributed by atoms with E-state index in [9.17, 15) is 18.8 Å². The van der Waals surface area contributed by atoms with Crippen LogP contribution in [0.25, 0.3) is 0 Å². The number of nitrogens with one attached hydrogen (secondary N) is 3. The Bertz CT molecular complexity index is 843. The maximum absolute atomic E-state index is 14.7. The summed E-state index contributed by atoms with van der Waals surface area (Å²) >= 11 is 0. The molecule has 28 heavy (non-hydrogen) atoms. The molecule has 4 amide bonds. The van der Waals surface area contributed by atoms with Crippen LogP contribution in [0.1, 0.15) is 43.7 Å². The monoisotopic (exact) mass is 388 g/mol. The quantitative estimate of drug-likeness (QED) is 0.690. The van der Waals surface area contributed by atoms with E-state index in [2.05, 4.69) is 16.0 Å². The number of anilines is 1. The number of amides is 4. The molecule has 0 bridgehead atoms. The Morgan fingerprint density at radius 2 is 2.18 bits per heavy atom. The number of fused-ring (bicyclic) bond motifs is 1. The van der Waals surface area contributed by atoms with Gasteiger partial charge in [0.25, 0.3) is 5.91 Å². The SMILES string of the molecule is CC1CCCCC12NC(=O)N(CC(=O)Nc1ccc3c(c1F)CCNC3)C2=O. The highest BCUT2D eigenvalue weighted by Gasteiger charge is 2.55. The summed E-state index contributed by atoms with van der Waals surface area (Å²) in [6, 6.07) is 2.76. The van der Waals surface area contributed by atoms with Crippen LogP contribution in [0.2, 0.25) is 0 Å². The lowest BCUT2D eigenvalue weighted by atomic mass is 9.73. The van der Waals surface area contributed by atoms with Crippen molar-refractivity contribution >= 4 is 23.5 Å². The number of halogens is 1. The van der Waals surface area contributed by atoms with Gasteiger partial charge in [0.15, 0.2) is 0 Å². The van der Waals surface area contributed by atoms with Gasteiger partial charge in [-0.05, 0) is 48.9 Å². The largest absolute Gasteiger partial charge is 0.325 e. The van der Waals surface area contributed by atoms with E-state index in [1.165, 1.54) is 6.07 Å². The summed E-state index contributed by atoms with van der Waals surface area (Å²) in [6.45, 7) is 2.82. The molecule has 0 aromatic heterocycles. The molecule has 2 fully saturated rings. The van der Waals surface area contributed by atoms with Crippen LogP contribution in [-0.4, -0.2) is 41.4 Å². The molecule has 1 spiro atoms. The maximum Gasteiger partial charge on any atom is 0.325 e. The van der Waals surface area contributed by atoms with Crippen LogP contribution in [0.3, 0.4) is 0 Å². The Balaban J connectivity index is 1.47. The molecule has 1 aliphatic carbocycles. The van der Waals surface area contributed by atoms with E-state index in [0.717, 1.165) is 29.7 Å². The van der Waals surface area contributed by atoms with Crippen molar-refractivity contribution in [2.45, 2.75) is 51.1 Å². The smallest absolute Gasteiger partial charge is 0.323 e. The fraction of sp³-hybridized carbons (Fsp3) is 0.550. The van der Waals surface area contributed by atoms with Crippen molar-refractivity contribution < 1.29 is 18.8 Å². The van der Waals surface area contributed by atoms with E-state index in [1.807, 2.05) is 6.92 Å². The number of rotatable bonds is 3. The third kappa shape index (κ3) is 3.05. The second-order valence-electron chi connectivity index (χ2n) is 7.98. The van der Waals surface area contributed by atoms with Crippen molar-refractivity contribution in [2.75, 3.05) is 18.4 Å². The van der Waals surface area contributed by atoms with Gasteiger partial charge in [0, 0.05) is 6.54 Å². The number of hydrogen-bond acceptors (Lipinski definition) is 4.